The molecule has 1 aromatic carbocycles. The first-order valence-electron chi connectivity index (χ1n) is 7.10. The van der Waals surface area contributed by atoms with Gasteiger partial charge in [-0.2, -0.15) is 0 Å². The SMILES string of the molecule is CN(CCCC(=O)Nc1ccc(N)cc1)CC(C)(C)C. The van der Waals surface area contributed by atoms with Gasteiger partial charge in [-0.05, 0) is 49.7 Å². The molecule has 0 aliphatic rings. The Balaban J connectivity index is 2.25. The van der Waals surface area contributed by atoms with Gasteiger partial charge in [0, 0.05) is 24.3 Å². The van der Waals surface area contributed by atoms with Crippen LogP contribution >= 0.6 is 0 Å². The summed E-state index contributed by atoms with van der Waals surface area (Å²) in [6.45, 7) is 8.63. The van der Waals surface area contributed by atoms with Crippen LogP contribution in [0.15, 0.2) is 24.3 Å². The Morgan fingerprint density at radius 3 is 2.40 bits per heavy atom. The van der Waals surface area contributed by atoms with Crippen LogP contribution in [0.3, 0.4) is 0 Å². The van der Waals surface area contributed by atoms with E-state index in [4.69, 9.17) is 5.73 Å². The number of anilines is 2. The first kappa shape index (κ1) is 16.5. The Morgan fingerprint density at radius 2 is 1.85 bits per heavy atom. The lowest BCUT2D eigenvalue weighted by Crippen LogP contribution is -2.30. The summed E-state index contributed by atoms with van der Waals surface area (Å²) in [5.74, 6) is 0.0546. The molecule has 1 rings (SSSR count). The van der Waals surface area contributed by atoms with Gasteiger partial charge in [0.05, 0.1) is 0 Å². The molecule has 4 heteroatoms. The van der Waals surface area contributed by atoms with Crippen LogP contribution in [0.25, 0.3) is 0 Å². The van der Waals surface area contributed by atoms with E-state index in [1.54, 1.807) is 12.1 Å². The quantitative estimate of drug-likeness (QED) is 0.786. The molecule has 0 saturated carbocycles. The number of nitrogen functional groups attached to an aromatic ring is 1. The number of hydrogen-bond acceptors (Lipinski definition) is 3. The van der Waals surface area contributed by atoms with Crippen molar-refractivity contribution in [3.05, 3.63) is 24.3 Å². The van der Waals surface area contributed by atoms with E-state index >= 15 is 0 Å². The number of nitrogens with zero attached hydrogens (tertiary/aromatic N) is 1. The standard InChI is InChI=1S/C16H27N3O/c1-16(2,3)12-19(4)11-5-6-15(20)18-14-9-7-13(17)8-10-14/h7-10H,5-6,11-12,17H2,1-4H3,(H,18,20). The maximum absolute atomic E-state index is 11.8. The van der Waals surface area contributed by atoms with Gasteiger partial charge in [-0.3, -0.25) is 4.79 Å². The molecule has 0 spiro atoms. The average Bonchev–Trinajstić information content (AvgIpc) is 2.29. The molecule has 0 aliphatic heterocycles. The van der Waals surface area contributed by atoms with Crippen molar-refractivity contribution in [2.24, 2.45) is 5.41 Å². The monoisotopic (exact) mass is 277 g/mol. The van der Waals surface area contributed by atoms with Crippen molar-refractivity contribution in [3.63, 3.8) is 0 Å². The van der Waals surface area contributed by atoms with Crippen LogP contribution in [0.2, 0.25) is 0 Å². The molecule has 1 aromatic rings. The van der Waals surface area contributed by atoms with Crippen LogP contribution in [-0.2, 0) is 4.79 Å². The molecule has 0 heterocycles. The molecule has 0 aliphatic carbocycles. The van der Waals surface area contributed by atoms with Gasteiger partial charge in [0.25, 0.3) is 0 Å². The third-order valence-electron chi connectivity index (χ3n) is 2.88. The minimum absolute atomic E-state index is 0.0546. The van der Waals surface area contributed by atoms with Crippen LogP contribution in [0, 0.1) is 5.41 Å². The second-order valence-corrected chi connectivity index (χ2v) is 6.57. The zero-order chi connectivity index (χ0) is 15.2. The van der Waals surface area contributed by atoms with Gasteiger partial charge in [-0.15, -0.1) is 0 Å². The lowest BCUT2D eigenvalue weighted by molar-refractivity contribution is -0.116. The molecule has 4 nitrogen and oxygen atoms in total. The second kappa shape index (κ2) is 7.29. The van der Waals surface area contributed by atoms with Gasteiger partial charge in [-0.25, -0.2) is 0 Å². The Bertz CT molecular complexity index is 420. The maximum atomic E-state index is 11.8. The van der Waals surface area contributed by atoms with Crippen LogP contribution in [0.1, 0.15) is 33.6 Å². The van der Waals surface area contributed by atoms with Crippen LogP contribution in [-0.4, -0.2) is 30.9 Å². The van der Waals surface area contributed by atoms with Gasteiger partial charge >= 0.3 is 0 Å². The van der Waals surface area contributed by atoms with Crippen molar-refractivity contribution in [1.29, 1.82) is 0 Å². The molecular weight excluding hydrogens is 250 g/mol. The van der Waals surface area contributed by atoms with E-state index in [2.05, 4.69) is 38.0 Å². The van der Waals surface area contributed by atoms with Gasteiger partial charge in [0.1, 0.15) is 0 Å². The molecule has 0 fully saturated rings. The normalized spacial score (nSPS) is 11.7. The summed E-state index contributed by atoms with van der Waals surface area (Å²) in [6.07, 6.45) is 1.41. The summed E-state index contributed by atoms with van der Waals surface area (Å²) in [5.41, 5.74) is 7.39. The number of carbonyl (C=O) groups is 1. The summed E-state index contributed by atoms with van der Waals surface area (Å²) >= 11 is 0. The van der Waals surface area contributed by atoms with Crippen molar-refractivity contribution in [2.75, 3.05) is 31.2 Å². The summed E-state index contributed by atoms with van der Waals surface area (Å²) in [6, 6.07) is 7.21. The Kier molecular flexibility index (Phi) is 6.02. The Hall–Kier alpha value is -1.55. The van der Waals surface area contributed by atoms with Gasteiger partial charge in [0.15, 0.2) is 0 Å². The highest BCUT2D eigenvalue weighted by molar-refractivity contribution is 5.90. The van der Waals surface area contributed by atoms with Gasteiger partial charge in [-0.1, -0.05) is 20.8 Å². The third kappa shape index (κ3) is 7.14. The summed E-state index contributed by atoms with van der Waals surface area (Å²) in [7, 11) is 2.10. The van der Waals surface area contributed by atoms with Crippen LogP contribution in [0.5, 0.6) is 0 Å². The van der Waals surface area contributed by atoms with Crippen molar-refractivity contribution in [2.45, 2.75) is 33.6 Å². The first-order valence-corrected chi connectivity index (χ1v) is 7.10. The number of carbonyl (C=O) groups excluding carboxylic acids is 1. The smallest absolute Gasteiger partial charge is 0.224 e. The highest BCUT2D eigenvalue weighted by atomic mass is 16.1. The molecule has 0 atom stereocenters. The van der Waals surface area contributed by atoms with Gasteiger partial charge in [0.2, 0.25) is 5.91 Å². The molecule has 3 N–H and O–H groups in total. The Morgan fingerprint density at radius 1 is 1.25 bits per heavy atom. The zero-order valence-corrected chi connectivity index (χ0v) is 13.1. The predicted octanol–water partition coefficient (Wildman–Crippen LogP) is 2.97. The molecule has 112 valence electrons. The van der Waals surface area contributed by atoms with E-state index in [0.29, 0.717) is 17.5 Å². The molecule has 0 aromatic heterocycles. The highest BCUT2D eigenvalue weighted by Gasteiger charge is 2.13. The van der Waals surface area contributed by atoms with Crippen molar-refractivity contribution >= 4 is 17.3 Å². The number of nitrogens with one attached hydrogen (secondary N) is 1. The van der Waals surface area contributed by atoms with Gasteiger partial charge < -0.3 is 16.0 Å². The van der Waals surface area contributed by atoms with Crippen molar-refractivity contribution in [3.8, 4) is 0 Å². The maximum Gasteiger partial charge on any atom is 0.224 e. The van der Waals surface area contributed by atoms with Crippen LogP contribution in [0.4, 0.5) is 11.4 Å². The number of nitrogens with two attached hydrogens (primary N) is 1. The van der Waals surface area contributed by atoms with E-state index in [1.807, 2.05) is 12.1 Å². The Labute approximate surface area is 122 Å². The third-order valence-corrected chi connectivity index (χ3v) is 2.88. The molecule has 20 heavy (non-hydrogen) atoms. The summed E-state index contributed by atoms with van der Waals surface area (Å²) in [5, 5.41) is 2.88. The minimum Gasteiger partial charge on any atom is -0.399 e. The van der Waals surface area contributed by atoms with E-state index < -0.39 is 0 Å². The number of amides is 1. The molecule has 0 saturated heterocycles. The molecule has 0 radical (unpaired) electrons. The average molecular weight is 277 g/mol. The van der Waals surface area contributed by atoms with E-state index in [-0.39, 0.29) is 5.91 Å². The van der Waals surface area contributed by atoms with E-state index in [1.165, 1.54) is 0 Å². The molecule has 0 bridgehead atoms. The van der Waals surface area contributed by atoms with Crippen molar-refractivity contribution in [1.82, 2.24) is 4.90 Å². The lowest BCUT2D eigenvalue weighted by Gasteiger charge is -2.26. The molecule has 1 amide bonds. The predicted molar refractivity (Wildman–Crippen MR) is 85.7 cm³/mol. The zero-order valence-electron chi connectivity index (χ0n) is 13.1. The fraction of sp³-hybridized carbons (Fsp3) is 0.562. The number of benzene rings is 1. The van der Waals surface area contributed by atoms with Crippen molar-refractivity contribution < 1.29 is 4.79 Å². The number of rotatable bonds is 6. The first-order chi connectivity index (χ1) is 9.26. The number of hydrogen-bond donors (Lipinski definition) is 2. The molecule has 0 unspecified atom stereocenters. The highest BCUT2D eigenvalue weighted by Crippen LogP contribution is 2.14. The van der Waals surface area contributed by atoms with E-state index in [9.17, 15) is 4.79 Å². The second-order valence-electron chi connectivity index (χ2n) is 6.57. The molecular formula is C16H27N3O. The summed E-state index contributed by atoms with van der Waals surface area (Å²) in [4.78, 5) is 14.1. The fourth-order valence-corrected chi connectivity index (χ4v) is 2.19. The largest absolute Gasteiger partial charge is 0.399 e. The fourth-order valence-electron chi connectivity index (χ4n) is 2.19. The van der Waals surface area contributed by atoms with E-state index in [0.717, 1.165) is 25.2 Å². The topological polar surface area (TPSA) is 58.4 Å². The summed E-state index contributed by atoms with van der Waals surface area (Å²) < 4.78 is 0. The lowest BCUT2D eigenvalue weighted by atomic mass is 9.96. The van der Waals surface area contributed by atoms with Crippen LogP contribution < -0.4 is 11.1 Å². The minimum atomic E-state index is 0.0546.